The van der Waals surface area contributed by atoms with Gasteiger partial charge in [-0.1, -0.05) is 25.9 Å². The predicted octanol–water partition coefficient (Wildman–Crippen LogP) is 1.75. The first-order valence-electron chi connectivity index (χ1n) is 6.22. The van der Waals surface area contributed by atoms with E-state index in [2.05, 4.69) is 36.2 Å². The van der Waals surface area contributed by atoms with Gasteiger partial charge in [-0.3, -0.25) is 0 Å². The molecule has 17 heavy (non-hydrogen) atoms. The summed E-state index contributed by atoms with van der Waals surface area (Å²) in [5, 5.41) is 7.36. The fraction of sp³-hybridized carbons (Fsp3) is 0.833. The second-order valence-corrected chi connectivity index (χ2v) is 4.51. The second-order valence-electron chi connectivity index (χ2n) is 4.51. The van der Waals surface area contributed by atoms with Gasteiger partial charge in [-0.2, -0.15) is 4.98 Å². The minimum absolute atomic E-state index is 0.236. The van der Waals surface area contributed by atoms with E-state index in [0.29, 0.717) is 24.8 Å². The lowest BCUT2D eigenvalue weighted by atomic mass is 10.2. The van der Waals surface area contributed by atoms with Crippen molar-refractivity contribution in [3.05, 3.63) is 11.7 Å². The Labute approximate surface area is 103 Å². The van der Waals surface area contributed by atoms with Crippen molar-refractivity contribution in [3.8, 4) is 0 Å². The zero-order valence-corrected chi connectivity index (χ0v) is 11.2. The number of hydrogen-bond donors (Lipinski definition) is 1. The zero-order valence-electron chi connectivity index (χ0n) is 11.2. The van der Waals surface area contributed by atoms with Gasteiger partial charge in [-0.25, -0.2) is 0 Å². The molecule has 0 aliphatic carbocycles. The molecule has 0 bridgehead atoms. The number of nitrogens with one attached hydrogen (secondary N) is 1. The fourth-order valence-electron chi connectivity index (χ4n) is 1.54. The van der Waals surface area contributed by atoms with Crippen LogP contribution in [-0.2, 0) is 11.2 Å². The van der Waals surface area contributed by atoms with Gasteiger partial charge in [0.2, 0.25) is 5.89 Å². The Balaban J connectivity index is 2.52. The third-order valence-corrected chi connectivity index (χ3v) is 2.47. The molecule has 0 fully saturated rings. The number of hydrogen-bond acceptors (Lipinski definition) is 5. The van der Waals surface area contributed by atoms with E-state index in [1.165, 1.54) is 0 Å². The summed E-state index contributed by atoms with van der Waals surface area (Å²) in [6.07, 6.45) is 1.81. The van der Waals surface area contributed by atoms with Crippen LogP contribution in [0.1, 0.15) is 44.8 Å². The summed E-state index contributed by atoms with van der Waals surface area (Å²) in [6, 6.07) is 0.236. The lowest BCUT2D eigenvalue weighted by molar-refractivity contribution is 0.161. The highest BCUT2D eigenvalue weighted by Gasteiger charge is 2.15. The Morgan fingerprint density at radius 3 is 2.71 bits per heavy atom. The van der Waals surface area contributed by atoms with Crippen molar-refractivity contribution < 1.29 is 9.26 Å². The van der Waals surface area contributed by atoms with E-state index in [4.69, 9.17) is 9.26 Å². The molecule has 1 heterocycles. The molecular formula is C12H23N3O2. The first-order chi connectivity index (χ1) is 8.17. The summed E-state index contributed by atoms with van der Waals surface area (Å²) in [7, 11) is 1.70. The molecule has 5 heteroatoms. The summed E-state index contributed by atoms with van der Waals surface area (Å²) >= 11 is 0. The van der Waals surface area contributed by atoms with Crippen molar-refractivity contribution >= 4 is 0 Å². The highest BCUT2D eigenvalue weighted by Crippen LogP contribution is 2.10. The molecule has 1 N–H and O–H groups in total. The average molecular weight is 241 g/mol. The minimum atomic E-state index is 0.236. The van der Waals surface area contributed by atoms with E-state index in [1.807, 2.05) is 0 Å². The van der Waals surface area contributed by atoms with Crippen LogP contribution in [0.3, 0.4) is 0 Å². The normalized spacial score (nSPS) is 13.2. The van der Waals surface area contributed by atoms with Crippen LogP contribution in [0.5, 0.6) is 0 Å². The molecule has 5 nitrogen and oxygen atoms in total. The topological polar surface area (TPSA) is 60.2 Å². The largest absolute Gasteiger partial charge is 0.383 e. The first-order valence-corrected chi connectivity index (χ1v) is 6.22. The van der Waals surface area contributed by atoms with Gasteiger partial charge in [-0.15, -0.1) is 0 Å². The molecule has 0 aliphatic rings. The van der Waals surface area contributed by atoms with Gasteiger partial charge < -0.3 is 14.6 Å². The van der Waals surface area contributed by atoms with E-state index >= 15 is 0 Å². The van der Waals surface area contributed by atoms with Crippen LogP contribution >= 0.6 is 0 Å². The van der Waals surface area contributed by atoms with Crippen molar-refractivity contribution in [2.75, 3.05) is 20.3 Å². The summed E-state index contributed by atoms with van der Waals surface area (Å²) in [4.78, 5) is 4.37. The first kappa shape index (κ1) is 14.1. The standard InChI is InChI=1S/C12H23N3O2/c1-5-6-13-10(8-16-4)7-11-14-12(9(2)3)15-17-11/h9-10,13H,5-8H2,1-4H3. The third kappa shape index (κ3) is 4.83. The molecule has 1 atom stereocenters. The van der Waals surface area contributed by atoms with Crippen LogP contribution in [0, 0.1) is 0 Å². The van der Waals surface area contributed by atoms with Crippen LogP contribution in [0.4, 0.5) is 0 Å². The molecular weight excluding hydrogens is 218 g/mol. The molecule has 0 aromatic carbocycles. The monoisotopic (exact) mass is 241 g/mol. The van der Waals surface area contributed by atoms with Crippen molar-refractivity contribution in [2.45, 2.75) is 45.6 Å². The quantitative estimate of drug-likeness (QED) is 0.751. The van der Waals surface area contributed by atoms with Gasteiger partial charge >= 0.3 is 0 Å². The van der Waals surface area contributed by atoms with Gasteiger partial charge in [0, 0.05) is 25.5 Å². The summed E-state index contributed by atoms with van der Waals surface area (Å²) < 4.78 is 10.4. The highest BCUT2D eigenvalue weighted by molar-refractivity contribution is 4.93. The second kappa shape index (κ2) is 7.40. The van der Waals surface area contributed by atoms with Crippen LogP contribution in [0.15, 0.2) is 4.52 Å². The molecule has 0 radical (unpaired) electrons. The smallest absolute Gasteiger partial charge is 0.228 e. The number of rotatable bonds is 8. The van der Waals surface area contributed by atoms with E-state index in [1.54, 1.807) is 7.11 Å². The van der Waals surface area contributed by atoms with Crippen LogP contribution < -0.4 is 5.32 Å². The Morgan fingerprint density at radius 2 is 2.18 bits per heavy atom. The Hall–Kier alpha value is -0.940. The molecule has 1 rings (SSSR count). The van der Waals surface area contributed by atoms with Crippen molar-refractivity contribution in [1.82, 2.24) is 15.5 Å². The number of ether oxygens (including phenoxy) is 1. The number of nitrogens with zero attached hydrogens (tertiary/aromatic N) is 2. The van der Waals surface area contributed by atoms with Crippen LogP contribution in [-0.4, -0.2) is 36.4 Å². The molecule has 0 aliphatic heterocycles. The predicted molar refractivity (Wildman–Crippen MR) is 66.0 cm³/mol. The van der Waals surface area contributed by atoms with Crippen molar-refractivity contribution in [3.63, 3.8) is 0 Å². The van der Waals surface area contributed by atoms with Gasteiger partial charge in [0.05, 0.1) is 6.61 Å². The Morgan fingerprint density at radius 1 is 1.41 bits per heavy atom. The van der Waals surface area contributed by atoms with Crippen LogP contribution in [0.25, 0.3) is 0 Å². The van der Waals surface area contributed by atoms with Crippen LogP contribution in [0.2, 0.25) is 0 Å². The maximum absolute atomic E-state index is 5.23. The molecule has 0 amide bonds. The van der Waals surface area contributed by atoms with E-state index in [0.717, 1.165) is 18.8 Å². The minimum Gasteiger partial charge on any atom is -0.383 e. The molecule has 1 unspecified atom stereocenters. The SMILES string of the molecule is CCCNC(COC)Cc1nc(C(C)C)no1. The Kier molecular flexibility index (Phi) is 6.15. The summed E-state index contributed by atoms with van der Waals surface area (Å²) in [6.45, 7) is 7.87. The van der Waals surface area contributed by atoms with Gasteiger partial charge in [0.15, 0.2) is 5.82 Å². The van der Waals surface area contributed by atoms with Gasteiger partial charge in [0.1, 0.15) is 0 Å². The Bertz CT molecular complexity index is 312. The van der Waals surface area contributed by atoms with E-state index in [-0.39, 0.29) is 6.04 Å². The lowest BCUT2D eigenvalue weighted by Crippen LogP contribution is -2.35. The summed E-state index contributed by atoms with van der Waals surface area (Å²) in [5.74, 6) is 1.75. The molecule has 0 saturated carbocycles. The zero-order chi connectivity index (χ0) is 12.7. The summed E-state index contributed by atoms with van der Waals surface area (Å²) in [5.41, 5.74) is 0. The number of aromatic nitrogens is 2. The molecule has 1 aromatic heterocycles. The third-order valence-electron chi connectivity index (χ3n) is 2.47. The van der Waals surface area contributed by atoms with Gasteiger partial charge in [0.25, 0.3) is 0 Å². The molecule has 98 valence electrons. The van der Waals surface area contributed by atoms with E-state index in [9.17, 15) is 0 Å². The average Bonchev–Trinajstić information content (AvgIpc) is 2.75. The van der Waals surface area contributed by atoms with Gasteiger partial charge in [-0.05, 0) is 13.0 Å². The van der Waals surface area contributed by atoms with Crippen molar-refractivity contribution in [1.29, 1.82) is 0 Å². The lowest BCUT2D eigenvalue weighted by Gasteiger charge is -2.15. The fourth-order valence-corrected chi connectivity index (χ4v) is 1.54. The maximum Gasteiger partial charge on any atom is 0.228 e. The number of methoxy groups -OCH3 is 1. The highest BCUT2D eigenvalue weighted by atomic mass is 16.5. The molecule has 1 aromatic rings. The maximum atomic E-state index is 5.23. The molecule has 0 saturated heterocycles. The molecule has 0 spiro atoms. The van der Waals surface area contributed by atoms with Crippen molar-refractivity contribution in [2.24, 2.45) is 0 Å². The van der Waals surface area contributed by atoms with E-state index < -0.39 is 0 Å².